The molecule has 7 aromatic rings. The first-order valence-corrected chi connectivity index (χ1v) is 13.1. The molecule has 8 rings (SSSR count). The van der Waals surface area contributed by atoms with Crippen molar-refractivity contribution in [2.45, 2.75) is 13.8 Å². The lowest BCUT2D eigenvalue weighted by Crippen LogP contribution is -2.54. The number of para-hydroxylation sites is 3. The van der Waals surface area contributed by atoms with E-state index in [1.165, 1.54) is 32.9 Å². The fourth-order valence-electron chi connectivity index (χ4n) is 6.93. The molecule has 5 heteroatoms. The van der Waals surface area contributed by atoms with E-state index in [0.29, 0.717) is 11.1 Å². The van der Waals surface area contributed by atoms with Crippen molar-refractivity contribution in [3.63, 3.8) is 0 Å². The summed E-state index contributed by atoms with van der Waals surface area (Å²) >= 11 is 0. The first-order valence-electron chi connectivity index (χ1n) is 13.1. The minimum Gasteiger partial charge on any atom is -0.375 e. The molecule has 1 aliphatic heterocycles. The van der Waals surface area contributed by atoms with Gasteiger partial charge in [0.1, 0.15) is 0 Å². The van der Waals surface area contributed by atoms with Gasteiger partial charge in [-0.15, -0.1) is 0 Å². The van der Waals surface area contributed by atoms with E-state index in [1.54, 1.807) is 0 Å². The van der Waals surface area contributed by atoms with Gasteiger partial charge in [-0.05, 0) is 60.2 Å². The van der Waals surface area contributed by atoms with Gasteiger partial charge in [-0.25, -0.2) is 0 Å². The topological polar surface area (TPSA) is 57.4 Å². The van der Waals surface area contributed by atoms with Crippen molar-refractivity contribution in [1.29, 1.82) is 10.5 Å². The number of rotatable bonds is 1. The van der Waals surface area contributed by atoms with Crippen molar-refractivity contribution < 1.29 is 0 Å². The molecule has 0 unspecified atom stereocenters. The highest BCUT2D eigenvalue weighted by atomic mass is 15.0. The lowest BCUT2D eigenvalue weighted by atomic mass is 9.47. The Morgan fingerprint density at radius 2 is 1.31 bits per heavy atom. The minimum absolute atomic E-state index is 0.200. The summed E-state index contributed by atoms with van der Waals surface area (Å²) in [6.07, 6.45) is 0. The summed E-state index contributed by atoms with van der Waals surface area (Å²) < 4.78 is 4.74. The zero-order valence-corrected chi connectivity index (χ0v) is 21.5. The molecule has 5 aromatic carbocycles. The lowest BCUT2D eigenvalue weighted by Gasteiger charge is -2.29. The fourth-order valence-corrected chi connectivity index (χ4v) is 6.93. The van der Waals surface area contributed by atoms with E-state index in [4.69, 9.17) is 0 Å². The molecule has 4 nitrogen and oxygen atoms in total. The van der Waals surface area contributed by atoms with Crippen LogP contribution in [0.2, 0.25) is 0 Å². The summed E-state index contributed by atoms with van der Waals surface area (Å²) in [5.41, 5.74) is 11.3. The average molecular weight is 496 g/mol. The van der Waals surface area contributed by atoms with Gasteiger partial charge in [0.25, 0.3) is 0 Å². The van der Waals surface area contributed by atoms with Gasteiger partial charge in [0, 0.05) is 38.3 Å². The van der Waals surface area contributed by atoms with Crippen LogP contribution >= 0.6 is 0 Å². The first-order chi connectivity index (χ1) is 19.1. The van der Waals surface area contributed by atoms with E-state index in [-0.39, 0.29) is 6.85 Å². The summed E-state index contributed by atoms with van der Waals surface area (Å²) in [6, 6.07) is 36.3. The summed E-state index contributed by atoms with van der Waals surface area (Å²) in [6.45, 7) is 4.15. The molecule has 0 fully saturated rings. The maximum atomic E-state index is 10.5. The number of benzene rings is 5. The van der Waals surface area contributed by atoms with Crippen molar-refractivity contribution in [3.05, 3.63) is 113 Å². The Labute approximate surface area is 225 Å². The zero-order valence-electron chi connectivity index (χ0n) is 21.5. The van der Waals surface area contributed by atoms with Crippen molar-refractivity contribution in [1.82, 2.24) is 9.05 Å². The Hall–Kier alpha value is -5.26. The lowest BCUT2D eigenvalue weighted by molar-refractivity contribution is 1.17. The average Bonchev–Trinajstić information content (AvgIpc) is 3.48. The number of fused-ring (bicyclic) bond motifs is 8. The van der Waals surface area contributed by atoms with Crippen LogP contribution in [0.15, 0.2) is 91.0 Å². The predicted molar refractivity (Wildman–Crippen MR) is 160 cm³/mol. The second kappa shape index (κ2) is 7.63. The molecule has 180 valence electrons. The smallest absolute Gasteiger partial charge is 0.333 e. The Morgan fingerprint density at radius 1 is 0.641 bits per heavy atom. The molecule has 0 saturated heterocycles. The molecule has 0 N–H and O–H groups in total. The second-order valence-corrected chi connectivity index (χ2v) is 10.5. The highest BCUT2D eigenvalue weighted by Crippen LogP contribution is 2.38. The summed E-state index contributed by atoms with van der Waals surface area (Å²) in [4.78, 5) is 0. The van der Waals surface area contributed by atoms with Crippen molar-refractivity contribution in [2.24, 2.45) is 0 Å². The van der Waals surface area contributed by atoms with Crippen molar-refractivity contribution in [2.75, 3.05) is 0 Å². The first kappa shape index (κ1) is 21.8. The van der Waals surface area contributed by atoms with Crippen LogP contribution in [-0.2, 0) is 0 Å². The number of aryl methyl sites for hydroxylation is 2. The van der Waals surface area contributed by atoms with E-state index >= 15 is 0 Å². The largest absolute Gasteiger partial charge is 0.375 e. The standard InChI is InChI=1S/C34H21BN4/c1-20-7-5-9-25-26-10-6-8-21(2)33(26)39(32(20)25)35-28-11-3-4-12-29(28)38-30-17-22(18-36)13-15-24(30)27-16-14-23(19-37)31(35)34(27)38/h3-17H,1-2H3. The highest BCUT2D eigenvalue weighted by molar-refractivity contribution is 6.88. The van der Waals surface area contributed by atoms with Gasteiger partial charge >= 0.3 is 6.85 Å². The van der Waals surface area contributed by atoms with Gasteiger partial charge in [-0.1, -0.05) is 66.7 Å². The Balaban J connectivity index is 1.66. The van der Waals surface area contributed by atoms with E-state index in [9.17, 15) is 10.5 Å². The van der Waals surface area contributed by atoms with Crippen LogP contribution in [0.3, 0.4) is 0 Å². The fraction of sp³-hybridized carbons (Fsp3) is 0.0588. The summed E-state index contributed by atoms with van der Waals surface area (Å²) in [7, 11) is 0. The van der Waals surface area contributed by atoms with Crippen LogP contribution in [0.4, 0.5) is 0 Å². The molecule has 39 heavy (non-hydrogen) atoms. The van der Waals surface area contributed by atoms with E-state index in [2.05, 4.69) is 102 Å². The molecule has 0 bridgehead atoms. The second-order valence-electron chi connectivity index (χ2n) is 10.5. The number of hydrogen-bond donors (Lipinski definition) is 0. The molecular weight excluding hydrogens is 475 g/mol. The highest BCUT2D eigenvalue weighted by Gasteiger charge is 2.38. The molecule has 0 saturated carbocycles. The molecule has 0 radical (unpaired) electrons. The third kappa shape index (κ3) is 2.67. The van der Waals surface area contributed by atoms with Crippen LogP contribution in [-0.4, -0.2) is 15.9 Å². The van der Waals surface area contributed by atoms with Crippen LogP contribution in [0.1, 0.15) is 22.3 Å². The molecule has 0 aliphatic carbocycles. The van der Waals surface area contributed by atoms with E-state index in [0.717, 1.165) is 38.4 Å². The third-order valence-corrected chi connectivity index (χ3v) is 8.47. The maximum absolute atomic E-state index is 10.5. The molecule has 0 atom stereocenters. The summed E-state index contributed by atoms with van der Waals surface area (Å²) in [5, 5.41) is 24.8. The molecule has 0 amide bonds. The van der Waals surface area contributed by atoms with Gasteiger partial charge in [0.2, 0.25) is 0 Å². The quantitative estimate of drug-likeness (QED) is 0.254. The maximum Gasteiger partial charge on any atom is 0.333 e. The minimum atomic E-state index is -0.200. The van der Waals surface area contributed by atoms with Gasteiger partial charge in [0.05, 0.1) is 34.3 Å². The van der Waals surface area contributed by atoms with Crippen LogP contribution in [0.5, 0.6) is 0 Å². The molecular formula is C34H21BN4. The molecule has 2 aromatic heterocycles. The van der Waals surface area contributed by atoms with Crippen molar-refractivity contribution >= 4 is 61.4 Å². The molecule has 1 aliphatic rings. The number of nitrogens with zero attached hydrogens (tertiary/aromatic N) is 4. The summed E-state index contributed by atoms with van der Waals surface area (Å²) in [5.74, 6) is 0. The normalized spacial score (nSPS) is 12.3. The van der Waals surface area contributed by atoms with Gasteiger partial charge in [-0.2, -0.15) is 10.5 Å². The monoisotopic (exact) mass is 496 g/mol. The van der Waals surface area contributed by atoms with Crippen LogP contribution in [0.25, 0.3) is 49.3 Å². The van der Waals surface area contributed by atoms with Gasteiger partial charge < -0.3 is 9.05 Å². The number of aromatic nitrogens is 2. The SMILES string of the molecule is Cc1cccc2c3cccc(C)c3n(B3c4ccccc4-n4c5cc(C#N)ccc5c5ccc(C#N)c3c54)c12. The Bertz CT molecular complexity index is 2230. The molecule has 3 heterocycles. The Morgan fingerprint density at radius 3 is 2.00 bits per heavy atom. The Kier molecular flexibility index (Phi) is 4.27. The van der Waals surface area contributed by atoms with Gasteiger partial charge in [0.15, 0.2) is 0 Å². The zero-order chi connectivity index (χ0) is 26.4. The van der Waals surface area contributed by atoms with E-state index < -0.39 is 0 Å². The van der Waals surface area contributed by atoms with Crippen LogP contribution in [0, 0.1) is 36.5 Å². The number of hydrogen-bond acceptors (Lipinski definition) is 2. The van der Waals surface area contributed by atoms with Gasteiger partial charge in [-0.3, -0.25) is 0 Å². The van der Waals surface area contributed by atoms with Crippen LogP contribution < -0.4 is 10.9 Å². The molecule has 0 spiro atoms. The van der Waals surface area contributed by atoms with Crippen molar-refractivity contribution in [3.8, 4) is 17.8 Å². The van der Waals surface area contributed by atoms with E-state index in [1.807, 2.05) is 24.3 Å². The number of nitriles is 2. The predicted octanol–water partition coefficient (Wildman–Crippen LogP) is 6.22. The third-order valence-electron chi connectivity index (χ3n) is 8.47.